The van der Waals surface area contributed by atoms with Crippen LogP contribution < -0.4 is 10.5 Å². The van der Waals surface area contributed by atoms with Gasteiger partial charge in [0, 0.05) is 11.9 Å². The Hall–Kier alpha value is -2.17. The van der Waals surface area contributed by atoms with E-state index in [1.165, 1.54) is 12.1 Å². The van der Waals surface area contributed by atoms with Crippen molar-refractivity contribution in [2.24, 2.45) is 0 Å². The molecule has 0 aliphatic heterocycles. The lowest BCUT2D eigenvalue weighted by Gasteiger charge is -2.11. The first kappa shape index (κ1) is 13.3. The normalized spacial score (nSPS) is 10.5. The van der Waals surface area contributed by atoms with Crippen molar-refractivity contribution >= 4 is 5.69 Å². The molecule has 0 atom stereocenters. The summed E-state index contributed by atoms with van der Waals surface area (Å²) in [7, 11) is 0. The Morgan fingerprint density at radius 1 is 1.26 bits per heavy atom. The van der Waals surface area contributed by atoms with Crippen LogP contribution in [0.4, 0.5) is 14.5 Å². The summed E-state index contributed by atoms with van der Waals surface area (Å²) in [5.41, 5.74) is 8.77. The molecule has 2 N–H and O–H groups in total. The van der Waals surface area contributed by atoms with Crippen LogP contribution in [0.15, 0.2) is 24.4 Å². The molecule has 100 valence electrons. The Morgan fingerprint density at radius 2 is 2.00 bits per heavy atom. The molecule has 0 bridgehead atoms. The minimum Gasteiger partial charge on any atom is -0.484 e. The van der Waals surface area contributed by atoms with Gasteiger partial charge in [-0.3, -0.25) is 4.98 Å². The SMILES string of the molecule is Cc1cnc(COc2cccc(F)c2F)c(C)c1N. The fourth-order valence-corrected chi connectivity index (χ4v) is 1.68. The third-order valence-electron chi connectivity index (χ3n) is 2.96. The number of rotatable bonds is 3. The van der Waals surface area contributed by atoms with Crippen LogP contribution in [0.25, 0.3) is 0 Å². The average Bonchev–Trinajstić information content (AvgIpc) is 2.40. The summed E-state index contributed by atoms with van der Waals surface area (Å²) >= 11 is 0. The van der Waals surface area contributed by atoms with Crippen molar-refractivity contribution in [3.63, 3.8) is 0 Å². The molecule has 2 aromatic rings. The Morgan fingerprint density at radius 3 is 2.74 bits per heavy atom. The van der Waals surface area contributed by atoms with Crippen LogP contribution in [-0.4, -0.2) is 4.98 Å². The number of halogens is 2. The van der Waals surface area contributed by atoms with Gasteiger partial charge in [0.1, 0.15) is 6.61 Å². The second-order valence-corrected chi connectivity index (χ2v) is 4.27. The van der Waals surface area contributed by atoms with Gasteiger partial charge in [-0.25, -0.2) is 4.39 Å². The zero-order valence-electron chi connectivity index (χ0n) is 10.7. The number of hydrogen-bond donors (Lipinski definition) is 1. The van der Waals surface area contributed by atoms with E-state index < -0.39 is 11.6 Å². The van der Waals surface area contributed by atoms with Gasteiger partial charge >= 0.3 is 0 Å². The van der Waals surface area contributed by atoms with Gasteiger partial charge in [0.15, 0.2) is 11.6 Å². The molecule has 0 radical (unpaired) electrons. The molecule has 0 amide bonds. The summed E-state index contributed by atoms with van der Waals surface area (Å²) in [5, 5.41) is 0. The first-order chi connectivity index (χ1) is 9.00. The zero-order valence-corrected chi connectivity index (χ0v) is 10.7. The number of aryl methyl sites for hydroxylation is 1. The molecule has 1 heterocycles. The van der Waals surface area contributed by atoms with Crippen molar-refractivity contribution in [2.45, 2.75) is 20.5 Å². The molecule has 1 aromatic heterocycles. The summed E-state index contributed by atoms with van der Waals surface area (Å²) in [6.07, 6.45) is 1.63. The molecule has 1 aromatic carbocycles. The van der Waals surface area contributed by atoms with Crippen LogP contribution in [-0.2, 0) is 6.61 Å². The van der Waals surface area contributed by atoms with E-state index in [4.69, 9.17) is 10.5 Å². The molecule has 0 saturated heterocycles. The predicted molar refractivity (Wildman–Crippen MR) is 68.8 cm³/mol. The quantitative estimate of drug-likeness (QED) is 0.926. The molecule has 19 heavy (non-hydrogen) atoms. The first-order valence-electron chi connectivity index (χ1n) is 5.78. The van der Waals surface area contributed by atoms with E-state index in [9.17, 15) is 8.78 Å². The highest BCUT2D eigenvalue weighted by Crippen LogP contribution is 2.22. The number of nitrogen functional groups attached to an aromatic ring is 1. The van der Waals surface area contributed by atoms with Crippen LogP contribution in [0, 0.1) is 25.5 Å². The monoisotopic (exact) mass is 264 g/mol. The lowest BCUT2D eigenvalue weighted by atomic mass is 10.1. The number of nitrogens with zero attached hydrogens (tertiary/aromatic N) is 1. The van der Waals surface area contributed by atoms with E-state index in [1.54, 1.807) is 6.20 Å². The molecule has 0 saturated carbocycles. The Kier molecular flexibility index (Phi) is 3.64. The first-order valence-corrected chi connectivity index (χ1v) is 5.78. The molecule has 0 aliphatic carbocycles. The lowest BCUT2D eigenvalue weighted by Crippen LogP contribution is -2.06. The maximum absolute atomic E-state index is 13.4. The molecule has 0 spiro atoms. The number of anilines is 1. The summed E-state index contributed by atoms with van der Waals surface area (Å²) in [6, 6.07) is 3.79. The second kappa shape index (κ2) is 5.22. The zero-order chi connectivity index (χ0) is 14.0. The van der Waals surface area contributed by atoms with Crippen LogP contribution >= 0.6 is 0 Å². The van der Waals surface area contributed by atoms with E-state index in [2.05, 4.69) is 4.98 Å². The van der Waals surface area contributed by atoms with Gasteiger partial charge < -0.3 is 10.5 Å². The standard InChI is InChI=1S/C14H14F2N2O/c1-8-6-18-11(9(2)14(8)17)7-19-12-5-3-4-10(15)13(12)16/h3-6H,7H2,1-2H3,(H2,17,18). The van der Waals surface area contributed by atoms with Crippen LogP contribution in [0.2, 0.25) is 0 Å². The van der Waals surface area contributed by atoms with Gasteiger partial charge in [0.05, 0.1) is 5.69 Å². The van der Waals surface area contributed by atoms with Gasteiger partial charge in [-0.2, -0.15) is 4.39 Å². The molecular weight excluding hydrogens is 250 g/mol. The summed E-state index contributed by atoms with van der Waals surface area (Å²) < 4.78 is 31.7. The largest absolute Gasteiger partial charge is 0.484 e. The third kappa shape index (κ3) is 2.65. The Labute approximate surface area is 110 Å². The Bertz CT molecular complexity index is 615. The number of ether oxygens (including phenoxy) is 1. The second-order valence-electron chi connectivity index (χ2n) is 4.27. The lowest BCUT2D eigenvalue weighted by molar-refractivity contribution is 0.280. The predicted octanol–water partition coefficient (Wildman–Crippen LogP) is 3.14. The molecule has 0 unspecified atom stereocenters. The number of benzene rings is 1. The number of aromatic nitrogens is 1. The maximum atomic E-state index is 13.4. The van der Waals surface area contributed by atoms with Crippen LogP contribution in [0.1, 0.15) is 16.8 Å². The highest BCUT2D eigenvalue weighted by atomic mass is 19.2. The Balaban J connectivity index is 2.20. The topological polar surface area (TPSA) is 48.1 Å². The van der Waals surface area contributed by atoms with Crippen LogP contribution in [0.3, 0.4) is 0 Å². The van der Waals surface area contributed by atoms with Crippen molar-refractivity contribution < 1.29 is 13.5 Å². The summed E-state index contributed by atoms with van der Waals surface area (Å²) in [5.74, 6) is -2.08. The van der Waals surface area contributed by atoms with Crippen molar-refractivity contribution in [3.8, 4) is 5.75 Å². The van der Waals surface area contributed by atoms with E-state index >= 15 is 0 Å². The van der Waals surface area contributed by atoms with Crippen molar-refractivity contribution in [2.75, 3.05) is 5.73 Å². The number of hydrogen-bond acceptors (Lipinski definition) is 3. The molecule has 3 nitrogen and oxygen atoms in total. The van der Waals surface area contributed by atoms with Crippen molar-refractivity contribution in [3.05, 3.63) is 52.9 Å². The molecular formula is C14H14F2N2O. The van der Waals surface area contributed by atoms with Gasteiger partial charge in [0.2, 0.25) is 5.82 Å². The fraction of sp³-hybridized carbons (Fsp3) is 0.214. The minimum atomic E-state index is -1.000. The van der Waals surface area contributed by atoms with Gasteiger partial charge in [0.25, 0.3) is 0 Å². The molecule has 2 rings (SSSR count). The summed E-state index contributed by atoms with van der Waals surface area (Å²) in [4.78, 5) is 4.18. The van der Waals surface area contributed by atoms with E-state index in [0.717, 1.165) is 17.2 Å². The molecule has 0 aliphatic rings. The maximum Gasteiger partial charge on any atom is 0.200 e. The molecule has 5 heteroatoms. The van der Waals surface area contributed by atoms with E-state index in [-0.39, 0.29) is 12.4 Å². The van der Waals surface area contributed by atoms with Crippen molar-refractivity contribution in [1.29, 1.82) is 0 Å². The van der Waals surface area contributed by atoms with E-state index in [1.807, 2.05) is 13.8 Å². The smallest absolute Gasteiger partial charge is 0.200 e. The third-order valence-corrected chi connectivity index (χ3v) is 2.96. The number of pyridine rings is 1. The van der Waals surface area contributed by atoms with Gasteiger partial charge in [-0.1, -0.05) is 6.07 Å². The number of nitrogens with two attached hydrogens (primary N) is 1. The van der Waals surface area contributed by atoms with Crippen LogP contribution in [0.5, 0.6) is 5.75 Å². The summed E-state index contributed by atoms with van der Waals surface area (Å²) in [6.45, 7) is 3.71. The van der Waals surface area contributed by atoms with Gasteiger partial charge in [-0.05, 0) is 37.1 Å². The van der Waals surface area contributed by atoms with Crippen molar-refractivity contribution in [1.82, 2.24) is 4.98 Å². The molecule has 0 fully saturated rings. The highest BCUT2D eigenvalue weighted by Gasteiger charge is 2.11. The minimum absolute atomic E-state index is 0.0384. The fourth-order valence-electron chi connectivity index (χ4n) is 1.68. The van der Waals surface area contributed by atoms with Gasteiger partial charge in [-0.15, -0.1) is 0 Å². The van der Waals surface area contributed by atoms with E-state index in [0.29, 0.717) is 11.4 Å². The average molecular weight is 264 g/mol. The highest BCUT2D eigenvalue weighted by molar-refractivity contribution is 5.53.